The normalized spacial score (nSPS) is 14.4. The number of anilines is 1. The third-order valence-electron chi connectivity index (χ3n) is 5.16. The molecule has 0 atom stereocenters. The molecule has 1 aliphatic rings. The van der Waals surface area contributed by atoms with Crippen molar-refractivity contribution in [1.82, 2.24) is 15.5 Å². The molecule has 0 saturated carbocycles. The fourth-order valence-electron chi connectivity index (χ4n) is 3.56. The Kier molecular flexibility index (Phi) is 7.85. The van der Waals surface area contributed by atoms with Gasteiger partial charge < -0.3 is 16.0 Å². The molecule has 0 bridgehead atoms. The van der Waals surface area contributed by atoms with Crippen LogP contribution in [0.15, 0.2) is 48.5 Å². The SMILES string of the molecule is CC(C)NC(=O)Nc1ccc(C(=O)NCc2ccc(CN3CCCCC3)cc2)cc1. The molecule has 30 heavy (non-hydrogen) atoms. The highest BCUT2D eigenvalue weighted by molar-refractivity contribution is 5.95. The van der Waals surface area contributed by atoms with Gasteiger partial charge in [0.2, 0.25) is 0 Å². The van der Waals surface area contributed by atoms with Gasteiger partial charge in [-0.2, -0.15) is 0 Å². The van der Waals surface area contributed by atoms with Crippen molar-refractivity contribution in [2.24, 2.45) is 0 Å². The van der Waals surface area contributed by atoms with Crippen LogP contribution in [0.5, 0.6) is 0 Å². The molecule has 0 aliphatic carbocycles. The molecule has 2 aromatic carbocycles. The van der Waals surface area contributed by atoms with Crippen LogP contribution in [0.4, 0.5) is 10.5 Å². The van der Waals surface area contributed by atoms with Gasteiger partial charge in [0.15, 0.2) is 0 Å². The molecule has 3 N–H and O–H groups in total. The van der Waals surface area contributed by atoms with E-state index in [2.05, 4.69) is 45.1 Å². The van der Waals surface area contributed by atoms with Crippen molar-refractivity contribution in [2.75, 3.05) is 18.4 Å². The molecule has 3 amide bonds. The number of likely N-dealkylation sites (tertiary alicyclic amines) is 1. The molecule has 0 unspecified atom stereocenters. The Hall–Kier alpha value is -2.86. The predicted molar refractivity (Wildman–Crippen MR) is 120 cm³/mol. The minimum atomic E-state index is -0.258. The minimum Gasteiger partial charge on any atom is -0.348 e. The fourth-order valence-corrected chi connectivity index (χ4v) is 3.56. The lowest BCUT2D eigenvalue weighted by atomic mass is 10.1. The van der Waals surface area contributed by atoms with Gasteiger partial charge in [-0.15, -0.1) is 0 Å². The summed E-state index contributed by atoms with van der Waals surface area (Å²) in [5.74, 6) is -0.134. The Bertz CT molecular complexity index is 825. The van der Waals surface area contributed by atoms with E-state index in [-0.39, 0.29) is 18.0 Å². The van der Waals surface area contributed by atoms with Gasteiger partial charge in [-0.25, -0.2) is 4.79 Å². The van der Waals surface area contributed by atoms with E-state index in [1.54, 1.807) is 24.3 Å². The molecule has 160 valence electrons. The van der Waals surface area contributed by atoms with Gasteiger partial charge in [0.1, 0.15) is 0 Å². The highest BCUT2D eigenvalue weighted by Gasteiger charge is 2.11. The van der Waals surface area contributed by atoms with E-state index in [0.717, 1.165) is 12.1 Å². The zero-order valence-corrected chi connectivity index (χ0v) is 17.9. The zero-order chi connectivity index (χ0) is 21.3. The zero-order valence-electron chi connectivity index (χ0n) is 17.9. The molecule has 6 heteroatoms. The maximum Gasteiger partial charge on any atom is 0.319 e. The van der Waals surface area contributed by atoms with Crippen LogP contribution in [0.1, 0.15) is 54.6 Å². The Morgan fingerprint density at radius 2 is 1.53 bits per heavy atom. The van der Waals surface area contributed by atoms with Crippen molar-refractivity contribution in [1.29, 1.82) is 0 Å². The van der Waals surface area contributed by atoms with Gasteiger partial charge in [0.25, 0.3) is 5.91 Å². The van der Waals surface area contributed by atoms with E-state index in [1.165, 1.54) is 37.9 Å². The quantitative estimate of drug-likeness (QED) is 0.645. The van der Waals surface area contributed by atoms with Gasteiger partial charge in [-0.1, -0.05) is 30.7 Å². The van der Waals surface area contributed by atoms with Crippen molar-refractivity contribution in [2.45, 2.75) is 52.2 Å². The number of urea groups is 1. The van der Waals surface area contributed by atoms with E-state index in [0.29, 0.717) is 17.8 Å². The van der Waals surface area contributed by atoms with Crippen molar-refractivity contribution < 1.29 is 9.59 Å². The summed E-state index contributed by atoms with van der Waals surface area (Å²) in [5, 5.41) is 8.46. The molecule has 1 saturated heterocycles. The smallest absolute Gasteiger partial charge is 0.319 e. The first kappa shape index (κ1) is 21.8. The van der Waals surface area contributed by atoms with E-state index in [9.17, 15) is 9.59 Å². The average molecular weight is 409 g/mol. The largest absolute Gasteiger partial charge is 0.348 e. The molecular formula is C24H32N4O2. The Morgan fingerprint density at radius 3 is 2.17 bits per heavy atom. The third-order valence-corrected chi connectivity index (χ3v) is 5.16. The second-order valence-corrected chi connectivity index (χ2v) is 8.17. The van der Waals surface area contributed by atoms with Gasteiger partial charge in [-0.05, 0) is 75.2 Å². The number of hydrogen-bond acceptors (Lipinski definition) is 3. The average Bonchev–Trinajstić information content (AvgIpc) is 2.74. The number of benzene rings is 2. The van der Waals surface area contributed by atoms with Gasteiger partial charge in [0, 0.05) is 30.4 Å². The monoisotopic (exact) mass is 408 g/mol. The molecule has 0 spiro atoms. The summed E-state index contributed by atoms with van der Waals surface area (Å²) in [7, 11) is 0. The Morgan fingerprint density at radius 1 is 0.900 bits per heavy atom. The highest BCUT2D eigenvalue weighted by atomic mass is 16.2. The molecule has 0 radical (unpaired) electrons. The number of hydrogen-bond donors (Lipinski definition) is 3. The van der Waals surface area contributed by atoms with E-state index in [4.69, 9.17) is 0 Å². The number of piperidine rings is 1. The van der Waals surface area contributed by atoms with Crippen LogP contribution in [0.3, 0.4) is 0 Å². The molecule has 1 fully saturated rings. The summed E-state index contributed by atoms with van der Waals surface area (Å²) in [6, 6.07) is 15.1. The Balaban J connectivity index is 1.46. The maximum absolute atomic E-state index is 12.4. The number of carbonyl (C=O) groups excluding carboxylic acids is 2. The van der Waals surface area contributed by atoms with Gasteiger partial charge >= 0.3 is 6.03 Å². The number of amides is 3. The van der Waals surface area contributed by atoms with E-state index >= 15 is 0 Å². The second kappa shape index (κ2) is 10.8. The van der Waals surface area contributed by atoms with Crippen LogP contribution in [0, 0.1) is 0 Å². The van der Waals surface area contributed by atoms with Gasteiger partial charge in [0.05, 0.1) is 0 Å². The first-order valence-electron chi connectivity index (χ1n) is 10.8. The van der Waals surface area contributed by atoms with Gasteiger partial charge in [-0.3, -0.25) is 9.69 Å². The lowest BCUT2D eigenvalue weighted by Crippen LogP contribution is -2.34. The minimum absolute atomic E-state index is 0.0638. The van der Waals surface area contributed by atoms with Crippen molar-refractivity contribution in [3.05, 3.63) is 65.2 Å². The summed E-state index contributed by atoms with van der Waals surface area (Å²) in [6.07, 6.45) is 3.94. The third kappa shape index (κ3) is 6.88. The number of nitrogens with zero attached hydrogens (tertiary/aromatic N) is 1. The van der Waals surface area contributed by atoms with Crippen LogP contribution in [-0.4, -0.2) is 36.0 Å². The van der Waals surface area contributed by atoms with Crippen LogP contribution < -0.4 is 16.0 Å². The molecule has 2 aromatic rings. The summed E-state index contributed by atoms with van der Waals surface area (Å²) in [4.78, 5) is 26.6. The standard InChI is InChI=1S/C24H32N4O2/c1-18(2)26-24(30)27-22-12-10-21(11-13-22)23(29)25-16-19-6-8-20(9-7-19)17-28-14-4-3-5-15-28/h6-13,18H,3-5,14-17H2,1-2H3,(H,25,29)(H2,26,27,30). The van der Waals surface area contributed by atoms with Crippen LogP contribution >= 0.6 is 0 Å². The molecule has 3 rings (SSSR count). The van der Waals surface area contributed by atoms with Crippen LogP contribution in [-0.2, 0) is 13.1 Å². The van der Waals surface area contributed by atoms with Crippen molar-refractivity contribution in [3.8, 4) is 0 Å². The molecule has 1 heterocycles. The lowest BCUT2D eigenvalue weighted by molar-refractivity contribution is 0.0951. The lowest BCUT2D eigenvalue weighted by Gasteiger charge is -2.26. The first-order valence-corrected chi connectivity index (χ1v) is 10.8. The number of rotatable bonds is 7. The van der Waals surface area contributed by atoms with Crippen molar-refractivity contribution >= 4 is 17.6 Å². The summed E-state index contributed by atoms with van der Waals surface area (Å²) < 4.78 is 0. The topological polar surface area (TPSA) is 73.5 Å². The first-order chi connectivity index (χ1) is 14.5. The summed E-state index contributed by atoms with van der Waals surface area (Å²) in [6.45, 7) is 7.66. The summed E-state index contributed by atoms with van der Waals surface area (Å²) in [5.41, 5.74) is 3.60. The summed E-state index contributed by atoms with van der Waals surface area (Å²) >= 11 is 0. The van der Waals surface area contributed by atoms with E-state index in [1.807, 2.05) is 13.8 Å². The van der Waals surface area contributed by atoms with Crippen LogP contribution in [0.25, 0.3) is 0 Å². The highest BCUT2D eigenvalue weighted by Crippen LogP contribution is 2.14. The molecule has 1 aliphatic heterocycles. The second-order valence-electron chi connectivity index (χ2n) is 8.17. The number of nitrogens with one attached hydrogen (secondary N) is 3. The van der Waals surface area contributed by atoms with Crippen molar-refractivity contribution in [3.63, 3.8) is 0 Å². The Labute approximate surface area is 179 Å². The molecule has 6 nitrogen and oxygen atoms in total. The molecule has 0 aromatic heterocycles. The maximum atomic E-state index is 12.4. The number of carbonyl (C=O) groups is 2. The molecular weight excluding hydrogens is 376 g/mol. The van der Waals surface area contributed by atoms with Crippen LogP contribution in [0.2, 0.25) is 0 Å². The van der Waals surface area contributed by atoms with E-state index < -0.39 is 0 Å². The fraction of sp³-hybridized carbons (Fsp3) is 0.417. The predicted octanol–water partition coefficient (Wildman–Crippen LogP) is 4.13.